The summed E-state index contributed by atoms with van der Waals surface area (Å²) in [7, 11) is 1.40. The second kappa shape index (κ2) is 9.36. The molecule has 0 aromatic carbocycles. The zero-order valence-corrected chi connectivity index (χ0v) is 9.77. The number of nitriles is 1. The summed E-state index contributed by atoms with van der Waals surface area (Å²) >= 11 is 0. The summed E-state index contributed by atoms with van der Waals surface area (Å²) in [6, 6.07) is 0.790. The van der Waals surface area contributed by atoms with Gasteiger partial charge in [-0.3, -0.25) is 4.79 Å². The maximum absolute atomic E-state index is 11.4. The van der Waals surface area contributed by atoms with Gasteiger partial charge in [-0.25, -0.2) is 4.79 Å². The van der Waals surface area contributed by atoms with Crippen LogP contribution in [0.3, 0.4) is 0 Å². The van der Waals surface area contributed by atoms with Crippen molar-refractivity contribution in [3.63, 3.8) is 0 Å². The van der Waals surface area contributed by atoms with Crippen molar-refractivity contribution in [2.45, 2.75) is 18.9 Å². The molecule has 0 aromatic rings. The van der Waals surface area contributed by atoms with E-state index in [0.717, 1.165) is 0 Å². The summed E-state index contributed by atoms with van der Waals surface area (Å²) in [5, 5.41) is 10.7. The predicted octanol–water partition coefficient (Wildman–Crippen LogP) is 0.151. The number of nitrogens with zero attached hydrogens (tertiary/aromatic N) is 1. The van der Waals surface area contributed by atoms with Gasteiger partial charge in [0.1, 0.15) is 6.07 Å². The van der Waals surface area contributed by atoms with E-state index in [1.54, 1.807) is 12.1 Å². The molecule has 0 aliphatic rings. The maximum atomic E-state index is 11.4. The van der Waals surface area contributed by atoms with E-state index in [2.05, 4.69) is 16.6 Å². The first-order valence-corrected chi connectivity index (χ1v) is 5.08. The molecule has 0 saturated carbocycles. The molecule has 0 saturated heterocycles. The molecular formula is C11H16N2O4. The summed E-state index contributed by atoms with van der Waals surface area (Å²) < 4.78 is 9.39. The lowest BCUT2D eigenvalue weighted by Crippen LogP contribution is -2.44. The van der Waals surface area contributed by atoms with E-state index >= 15 is 0 Å². The number of esters is 1. The second-order valence-electron chi connectivity index (χ2n) is 3.17. The van der Waals surface area contributed by atoms with E-state index in [0.29, 0.717) is 6.42 Å². The SMILES string of the molecule is C=CCCC(=O)NC(COC)C(=O)OCC#N. The van der Waals surface area contributed by atoms with Crippen LogP contribution in [0, 0.1) is 11.3 Å². The molecule has 1 atom stereocenters. The number of allylic oxidation sites excluding steroid dienone is 1. The fraction of sp³-hybridized carbons (Fsp3) is 0.545. The van der Waals surface area contributed by atoms with Crippen molar-refractivity contribution in [3.8, 4) is 6.07 Å². The van der Waals surface area contributed by atoms with Crippen LogP contribution < -0.4 is 5.32 Å². The monoisotopic (exact) mass is 240 g/mol. The van der Waals surface area contributed by atoms with Crippen LogP contribution >= 0.6 is 0 Å². The standard InChI is InChI=1S/C11H16N2O4/c1-3-4-5-10(14)13-9(8-16-2)11(15)17-7-6-12/h3,9H,1,4-5,7-8H2,2H3,(H,13,14). The van der Waals surface area contributed by atoms with Crippen molar-refractivity contribution in [2.75, 3.05) is 20.3 Å². The van der Waals surface area contributed by atoms with Gasteiger partial charge in [-0.15, -0.1) is 6.58 Å². The van der Waals surface area contributed by atoms with E-state index in [9.17, 15) is 9.59 Å². The molecule has 0 aliphatic carbocycles. The van der Waals surface area contributed by atoms with Gasteiger partial charge in [-0.05, 0) is 6.42 Å². The Hall–Kier alpha value is -1.87. The van der Waals surface area contributed by atoms with E-state index in [1.165, 1.54) is 7.11 Å². The Balaban J connectivity index is 4.22. The first-order chi connectivity index (χ1) is 8.15. The van der Waals surface area contributed by atoms with Gasteiger partial charge >= 0.3 is 5.97 Å². The average molecular weight is 240 g/mol. The van der Waals surface area contributed by atoms with Crippen LogP contribution in [-0.4, -0.2) is 38.2 Å². The molecule has 6 heteroatoms. The number of carbonyl (C=O) groups excluding carboxylic acids is 2. The normalized spacial score (nSPS) is 11.1. The summed E-state index contributed by atoms with van der Waals surface area (Å²) in [5.41, 5.74) is 0. The number of rotatable bonds is 8. The third kappa shape index (κ3) is 7.09. The highest BCUT2D eigenvalue weighted by Crippen LogP contribution is 1.95. The highest BCUT2D eigenvalue weighted by Gasteiger charge is 2.21. The fourth-order valence-electron chi connectivity index (χ4n) is 1.04. The number of hydrogen-bond acceptors (Lipinski definition) is 5. The molecular weight excluding hydrogens is 224 g/mol. The summed E-state index contributed by atoms with van der Waals surface area (Å²) in [5.74, 6) is -0.971. The third-order valence-corrected chi connectivity index (χ3v) is 1.81. The lowest BCUT2D eigenvalue weighted by molar-refractivity contribution is -0.148. The number of hydrogen-bond donors (Lipinski definition) is 1. The van der Waals surface area contributed by atoms with Crippen LogP contribution in [0.2, 0.25) is 0 Å². The summed E-state index contributed by atoms with van der Waals surface area (Å²) in [6.07, 6.45) is 2.38. The Morgan fingerprint density at radius 2 is 2.29 bits per heavy atom. The molecule has 0 spiro atoms. The number of ether oxygens (including phenoxy) is 2. The van der Waals surface area contributed by atoms with Crippen molar-refractivity contribution in [1.29, 1.82) is 5.26 Å². The molecule has 0 radical (unpaired) electrons. The molecule has 0 aromatic heterocycles. The van der Waals surface area contributed by atoms with E-state index < -0.39 is 12.0 Å². The minimum absolute atomic E-state index is 0.00406. The Kier molecular flexibility index (Phi) is 8.33. The first kappa shape index (κ1) is 15.1. The number of nitrogens with one attached hydrogen (secondary N) is 1. The van der Waals surface area contributed by atoms with Gasteiger partial charge in [0, 0.05) is 13.5 Å². The van der Waals surface area contributed by atoms with E-state index in [-0.39, 0.29) is 25.5 Å². The van der Waals surface area contributed by atoms with Crippen LogP contribution in [0.25, 0.3) is 0 Å². The number of methoxy groups -OCH3 is 1. The molecule has 6 nitrogen and oxygen atoms in total. The topological polar surface area (TPSA) is 88.4 Å². The van der Waals surface area contributed by atoms with Crippen molar-refractivity contribution in [3.05, 3.63) is 12.7 Å². The van der Waals surface area contributed by atoms with Gasteiger partial charge in [0.05, 0.1) is 6.61 Å². The van der Waals surface area contributed by atoms with Crippen LogP contribution in [-0.2, 0) is 19.1 Å². The smallest absolute Gasteiger partial charge is 0.332 e. The van der Waals surface area contributed by atoms with Gasteiger partial charge in [0.25, 0.3) is 0 Å². The molecule has 94 valence electrons. The van der Waals surface area contributed by atoms with Gasteiger partial charge in [0.15, 0.2) is 12.6 Å². The molecule has 0 heterocycles. The Morgan fingerprint density at radius 3 is 2.82 bits per heavy atom. The largest absolute Gasteiger partial charge is 0.449 e. The third-order valence-electron chi connectivity index (χ3n) is 1.81. The van der Waals surface area contributed by atoms with Gasteiger partial charge in [-0.2, -0.15) is 5.26 Å². The minimum atomic E-state index is -0.884. The highest BCUT2D eigenvalue weighted by atomic mass is 16.5. The Labute approximate surface area is 100 Å². The lowest BCUT2D eigenvalue weighted by atomic mass is 10.2. The lowest BCUT2D eigenvalue weighted by Gasteiger charge is -2.15. The minimum Gasteiger partial charge on any atom is -0.449 e. The van der Waals surface area contributed by atoms with Crippen LogP contribution in [0.5, 0.6) is 0 Å². The zero-order chi connectivity index (χ0) is 13.1. The van der Waals surface area contributed by atoms with E-state index in [4.69, 9.17) is 10.00 Å². The average Bonchev–Trinajstić information content (AvgIpc) is 2.32. The summed E-state index contributed by atoms with van der Waals surface area (Å²) in [6.45, 7) is 3.15. The quantitative estimate of drug-likeness (QED) is 0.482. The van der Waals surface area contributed by atoms with Crippen molar-refractivity contribution in [1.82, 2.24) is 5.32 Å². The maximum Gasteiger partial charge on any atom is 0.332 e. The molecule has 17 heavy (non-hydrogen) atoms. The Morgan fingerprint density at radius 1 is 1.59 bits per heavy atom. The van der Waals surface area contributed by atoms with Crippen LogP contribution in [0.1, 0.15) is 12.8 Å². The predicted molar refractivity (Wildman–Crippen MR) is 59.8 cm³/mol. The van der Waals surface area contributed by atoms with Crippen molar-refractivity contribution in [2.24, 2.45) is 0 Å². The zero-order valence-electron chi connectivity index (χ0n) is 9.77. The fourth-order valence-corrected chi connectivity index (χ4v) is 1.04. The van der Waals surface area contributed by atoms with Crippen molar-refractivity contribution < 1.29 is 19.1 Å². The molecule has 1 unspecified atom stereocenters. The second-order valence-corrected chi connectivity index (χ2v) is 3.17. The summed E-state index contributed by atoms with van der Waals surface area (Å²) in [4.78, 5) is 22.8. The highest BCUT2D eigenvalue weighted by molar-refractivity contribution is 5.84. The number of carbonyl (C=O) groups is 2. The van der Waals surface area contributed by atoms with Gasteiger partial charge in [0.2, 0.25) is 5.91 Å². The molecule has 0 bridgehead atoms. The first-order valence-electron chi connectivity index (χ1n) is 5.08. The molecule has 1 amide bonds. The molecule has 1 N–H and O–H groups in total. The van der Waals surface area contributed by atoms with Crippen molar-refractivity contribution >= 4 is 11.9 Å². The molecule has 0 aliphatic heterocycles. The number of amides is 1. The van der Waals surface area contributed by atoms with E-state index in [1.807, 2.05) is 0 Å². The molecule has 0 fully saturated rings. The Bertz CT molecular complexity index is 309. The van der Waals surface area contributed by atoms with Gasteiger partial charge in [-0.1, -0.05) is 6.08 Å². The molecule has 0 rings (SSSR count). The van der Waals surface area contributed by atoms with Gasteiger partial charge < -0.3 is 14.8 Å². The van der Waals surface area contributed by atoms with Crippen LogP contribution in [0.15, 0.2) is 12.7 Å². The van der Waals surface area contributed by atoms with Crippen LogP contribution in [0.4, 0.5) is 0 Å².